The molecule has 1 aromatic rings. The van der Waals surface area contributed by atoms with Crippen LogP contribution in [0.1, 0.15) is 45.2 Å². The third-order valence-corrected chi connectivity index (χ3v) is 5.36. The molecule has 2 saturated heterocycles. The summed E-state index contributed by atoms with van der Waals surface area (Å²) >= 11 is 0. The molecule has 0 N–H and O–H groups in total. The molecule has 1 aromatic carbocycles. The van der Waals surface area contributed by atoms with Crippen molar-refractivity contribution in [3.05, 3.63) is 46.3 Å². The van der Waals surface area contributed by atoms with Gasteiger partial charge in [-0.15, -0.1) is 0 Å². The van der Waals surface area contributed by atoms with Gasteiger partial charge in [0.25, 0.3) is 0 Å². The highest BCUT2D eigenvalue weighted by atomic mass is 16.6. The van der Waals surface area contributed by atoms with E-state index in [1.54, 1.807) is 25.7 Å². The Balaban J connectivity index is 1.72. The first kappa shape index (κ1) is 22.4. The van der Waals surface area contributed by atoms with E-state index in [1.165, 1.54) is 0 Å². The van der Waals surface area contributed by atoms with Crippen LogP contribution in [0.2, 0.25) is 0 Å². The third-order valence-electron chi connectivity index (χ3n) is 5.36. The van der Waals surface area contributed by atoms with Crippen LogP contribution in [0, 0.1) is 5.92 Å². The smallest absolute Gasteiger partial charge is 0.417 e. The monoisotopic (exact) mass is 429 g/mol. The van der Waals surface area contributed by atoms with Crippen LogP contribution in [0.25, 0.3) is 10.4 Å². The molecule has 2 fully saturated rings. The van der Waals surface area contributed by atoms with Gasteiger partial charge in [-0.25, -0.2) is 14.5 Å². The van der Waals surface area contributed by atoms with Crippen LogP contribution in [0.4, 0.5) is 9.59 Å². The van der Waals surface area contributed by atoms with Crippen molar-refractivity contribution in [3.8, 4) is 0 Å². The fraction of sp³-hybridized carbons (Fsp3) is 0.571. The van der Waals surface area contributed by atoms with E-state index in [1.807, 2.05) is 30.3 Å². The number of nitrogens with zero attached hydrogens (tertiary/aromatic N) is 5. The van der Waals surface area contributed by atoms with Gasteiger partial charge in [0, 0.05) is 18.0 Å². The Kier molecular flexibility index (Phi) is 6.70. The zero-order valence-corrected chi connectivity index (χ0v) is 17.9. The van der Waals surface area contributed by atoms with Gasteiger partial charge in [-0.3, -0.25) is 4.79 Å². The van der Waals surface area contributed by atoms with Gasteiger partial charge < -0.3 is 14.4 Å². The second kappa shape index (κ2) is 9.26. The normalized spacial score (nSPS) is 20.6. The molecule has 10 nitrogen and oxygen atoms in total. The SMILES string of the molecule is CC(C)(C)OC(=O)N1CCC([C@H](N=[N+]=[N-])C(=O)N2C(=O)OC[C@@H]2c2ccccc2)CC1. The van der Waals surface area contributed by atoms with Crippen LogP contribution in [0.5, 0.6) is 0 Å². The second-order valence-corrected chi connectivity index (χ2v) is 8.67. The minimum absolute atomic E-state index is 0.0503. The number of piperidine rings is 1. The Labute approximate surface area is 180 Å². The topological polar surface area (TPSA) is 125 Å². The molecular weight excluding hydrogens is 402 g/mol. The van der Waals surface area contributed by atoms with Crippen molar-refractivity contribution in [3.63, 3.8) is 0 Å². The molecule has 2 heterocycles. The molecule has 2 aliphatic heterocycles. The van der Waals surface area contributed by atoms with E-state index in [4.69, 9.17) is 15.0 Å². The summed E-state index contributed by atoms with van der Waals surface area (Å²) in [6.45, 7) is 6.19. The quantitative estimate of drug-likeness (QED) is 0.406. The van der Waals surface area contributed by atoms with Gasteiger partial charge in [0.2, 0.25) is 5.91 Å². The molecular formula is C21H27N5O5. The number of hydrogen-bond donors (Lipinski definition) is 0. The summed E-state index contributed by atoms with van der Waals surface area (Å²) in [6, 6.07) is 7.48. The van der Waals surface area contributed by atoms with Crippen molar-refractivity contribution in [2.75, 3.05) is 19.7 Å². The maximum atomic E-state index is 13.3. The van der Waals surface area contributed by atoms with Crippen LogP contribution in [-0.2, 0) is 14.3 Å². The average Bonchev–Trinajstić information content (AvgIpc) is 3.12. The first-order valence-electron chi connectivity index (χ1n) is 10.3. The molecule has 0 aromatic heterocycles. The van der Waals surface area contributed by atoms with Crippen molar-refractivity contribution < 1.29 is 23.9 Å². The van der Waals surface area contributed by atoms with E-state index in [9.17, 15) is 14.4 Å². The van der Waals surface area contributed by atoms with Crippen molar-refractivity contribution in [2.24, 2.45) is 11.0 Å². The number of cyclic esters (lactones) is 1. The second-order valence-electron chi connectivity index (χ2n) is 8.67. The summed E-state index contributed by atoms with van der Waals surface area (Å²) in [6.07, 6.45) is -0.255. The lowest BCUT2D eigenvalue weighted by molar-refractivity contribution is -0.132. The summed E-state index contributed by atoms with van der Waals surface area (Å²) in [5, 5.41) is 3.73. The van der Waals surface area contributed by atoms with Gasteiger partial charge in [-0.2, -0.15) is 0 Å². The zero-order chi connectivity index (χ0) is 22.6. The van der Waals surface area contributed by atoms with Gasteiger partial charge in [0.05, 0.1) is 0 Å². The van der Waals surface area contributed by atoms with Gasteiger partial charge in [-0.05, 0) is 50.6 Å². The highest BCUT2D eigenvalue weighted by molar-refractivity contribution is 5.96. The predicted octanol–water partition coefficient (Wildman–Crippen LogP) is 4.03. The summed E-state index contributed by atoms with van der Waals surface area (Å²) in [5.74, 6) is -0.878. The molecule has 31 heavy (non-hydrogen) atoms. The van der Waals surface area contributed by atoms with Crippen molar-refractivity contribution in [1.29, 1.82) is 0 Å². The van der Waals surface area contributed by atoms with E-state index < -0.39 is 35.8 Å². The fourth-order valence-electron chi connectivity index (χ4n) is 3.85. The first-order valence-corrected chi connectivity index (χ1v) is 10.3. The lowest BCUT2D eigenvalue weighted by atomic mass is 9.88. The molecule has 0 spiro atoms. The van der Waals surface area contributed by atoms with Crippen LogP contribution >= 0.6 is 0 Å². The minimum atomic E-state index is -1.05. The number of carbonyl (C=O) groups is 3. The van der Waals surface area contributed by atoms with Crippen LogP contribution in [0.3, 0.4) is 0 Å². The number of azide groups is 1. The van der Waals surface area contributed by atoms with Crippen molar-refractivity contribution >= 4 is 18.1 Å². The van der Waals surface area contributed by atoms with Gasteiger partial charge in [0.15, 0.2) is 0 Å². The molecule has 2 atom stereocenters. The number of carbonyl (C=O) groups excluding carboxylic acids is 3. The number of ether oxygens (including phenoxy) is 2. The summed E-state index contributed by atoms with van der Waals surface area (Å²) < 4.78 is 10.5. The van der Waals surface area contributed by atoms with Crippen LogP contribution in [-0.4, -0.2) is 59.2 Å². The summed E-state index contributed by atoms with van der Waals surface area (Å²) in [7, 11) is 0. The van der Waals surface area contributed by atoms with Gasteiger partial charge >= 0.3 is 12.2 Å². The molecule has 166 valence electrons. The van der Waals surface area contributed by atoms with Crippen LogP contribution < -0.4 is 0 Å². The van der Waals surface area contributed by atoms with E-state index in [-0.39, 0.29) is 12.5 Å². The Hall–Kier alpha value is -3.26. The molecule has 0 unspecified atom stereocenters. The number of amides is 3. The molecule has 0 saturated carbocycles. The van der Waals surface area contributed by atoms with E-state index in [0.717, 1.165) is 10.5 Å². The zero-order valence-electron chi connectivity index (χ0n) is 17.9. The van der Waals surface area contributed by atoms with Crippen LogP contribution in [0.15, 0.2) is 35.4 Å². The Morgan fingerprint density at radius 2 is 1.87 bits per heavy atom. The molecule has 2 aliphatic rings. The fourth-order valence-corrected chi connectivity index (χ4v) is 3.85. The maximum Gasteiger partial charge on any atom is 0.417 e. The first-order chi connectivity index (χ1) is 14.7. The number of likely N-dealkylation sites (tertiary alicyclic amines) is 1. The predicted molar refractivity (Wildman–Crippen MR) is 111 cm³/mol. The van der Waals surface area contributed by atoms with E-state index in [2.05, 4.69) is 10.0 Å². The molecule has 10 heteroatoms. The minimum Gasteiger partial charge on any atom is -0.446 e. The summed E-state index contributed by atoms with van der Waals surface area (Å²) in [4.78, 5) is 43.4. The average molecular weight is 429 g/mol. The van der Waals surface area contributed by atoms with Gasteiger partial charge in [0.1, 0.15) is 24.3 Å². The largest absolute Gasteiger partial charge is 0.446 e. The Morgan fingerprint density at radius 1 is 1.23 bits per heavy atom. The Bertz CT molecular complexity index is 870. The number of benzene rings is 1. The maximum absolute atomic E-state index is 13.3. The van der Waals surface area contributed by atoms with Gasteiger partial charge in [-0.1, -0.05) is 35.4 Å². The van der Waals surface area contributed by atoms with Crippen molar-refractivity contribution in [2.45, 2.75) is 51.3 Å². The number of rotatable bonds is 4. The highest BCUT2D eigenvalue weighted by Gasteiger charge is 2.44. The Morgan fingerprint density at radius 3 is 2.45 bits per heavy atom. The highest BCUT2D eigenvalue weighted by Crippen LogP contribution is 2.32. The lowest BCUT2D eigenvalue weighted by Crippen LogP contribution is -2.48. The number of hydrogen-bond acceptors (Lipinski definition) is 6. The third kappa shape index (κ3) is 5.27. The number of imide groups is 1. The van der Waals surface area contributed by atoms with Crippen molar-refractivity contribution in [1.82, 2.24) is 9.80 Å². The molecule has 0 bridgehead atoms. The standard InChI is InChI=1S/C21H27N5O5/c1-21(2,3)31-19(28)25-11-9-15(10-12-25)17(23-24-22)18(27)26-16(13-30-20(26)29)14-7-5-4-6-8-14/h4-8,15-17H,9-13H2,1-3H3/t16-,17+/m1/s1. The molecule has 3 rings (SSSR count). The molecule has 3 amide bonds. The van der Waals surface area contributed by atoms with E-state index >= 15 is 0 Å². The summed E-state index contributed by atoms with van der Waals surface area (Å²) in [5.41, 5.74) is 9.23. The molecule has 0 radical (unpaired) electrons. The lowest BCUT2D eigenvalue weighted by Gasteiger charge is -2.36. The molecule has 0 aliphatic carbocycles. The van der Waals surface area contributed by atoms with E-state index in [0.29, 0.717) is 25.9 Å².